The summed E-state index contributed by atoms with van der Waals surface area (Å²) in [6, 6.07) is 4.18. The van der Waals surface area contributed by atoms with Gasteiger partial charge in [-0.25, -0.2) is 0 Å². The fourth-order valence-electron chi connectivity index (χ4n) is 2.02. The van der Waals surface area contributed by atoms with E-state index in [4.69, 9.17) is 5.73 Å². The molecule has 1 aromatic carbocycles. The minimum absolute atomic E-state index is 0.0494. The van der Waals surface area contributed by atoms with Gasteiger partial charge in [-0.1, -0.05) is 17.7 Å². The van der Waals surface area contributed by atoms with E-state index in [-0.39, 0.29) is 11.2 Å². The average Bonchev–Trinajstić information content (AvgIpc) is 2.33. The van der Waals surface area contributed by atoms with Gasteiger partial charge in [0, 0.05) is 5.69 Å². The van der Waals surface area contributed by atoms with Crippen LogP contribution in [-0.4, -0.2) is 23.5 Å². The fourth-order valence-corrected chi connectivity index (χ4v) is 2.92. The molecule has 19 heavy (non-hydrogen) atoms. The molecule has 1 rings (SSSR count). The highest BCUT2D eigenvalue weighted by Crippen LogP contribution is 2.23. The number of carbonyl (C=O) groups is 1. The van der Waals surface area contributed by atoms with Gasteiger partial charge in [0.05, 0.1) is 5.25 Å². The number of amides is 1. The molecule has 106 valence electrons. The molecule has 0 aliphatic rings. The Morgan fingerprint density at radius 1 is 1.32 bits per heavy atom. The van der Waals surface area contributed by atoms with Crippen LogP contribution in [0.5, 0.6) is 0 Å². The van der Waals surface area contributed by atoms with Crippen molar-refractivity contribution >= 4 is 23.4 Å². The van der Waals surface area contributed by atoms with Crippen molar-refractivity contribution in [3.8, 4) is 0 Å². The second-order valence-electron chi connectivity index (χ2n) is 4.92. The second kappa shape index (κ2) is 7.56. The largest absolute Gasteiger partial charge is 0.330 e. The number of aryl methyl sites for hydroxylation is 3. The molecule has 0 saturated heterocycles. The number of rotatable bonds is 6. The lowest BCUT2D eigenvalue weighted by atomic mass is 10.1. The van der Waals surface area contributed by atoms with Gasteiger partial charge in [0.1, 0.15) is 0 Å². The van der Waals surface area contributed by atoms with Crippen LogP contribution in [0.25, 0.3) is 0 Å². The normalized spacial score (nSPS) is 12.3. The Balaban J connectivity index is 2.66. The van der Waals surface area contributed by atoms with Crippen LogP contribution < -0.4 is 11.1 Å². The van der Waals surface area contributed by atoms with E-state index in [9.17, 15) is 4.79 Å². The van der Waals surface area contributed by atoms with Crippen LogP contribution in [0.1, 0.15) is 30.0 Å². The molecular formula is C15H24N2OS. The number of carbonyl (C=O) groups excluding carboxylic acids is 1. The first-order valence-electron chi connectivity index (χ1n) is 6.66. The molecule has 1 unspecified atom stereocenters. The number of hydrogen-bond donors (Lipinski definition) is 2. The third-order valence-corrected chi connectivity index (χ3v) is 4.25. The van der Waals surface area contributed by atoms with Crippen molar-refractivity contribution in [1.82, 2.24) is 0 Å². The first-order chi connectivity index (χ1) is 8.95. The molecule has 3 nitrogen and oxygen atoms in total. The molecule has 0 radical (unpaired) electrons. The summed E-state index contributed by atoms with van der Waals surface area (Å²) in [5, 5.41) is 2.99. The predicted molar refractivity (Wildman–Crippen MR) is 84.9 cm³/mol. The Kier molecular flexibility index (Phi) is 6.38. The van der Waals surface area contributed by atoms with E-state index in [1.807, 2.05) is 20.8 Å². The van der Waals surface area contributed by atoms with E-state index in [0.717, 1.165) is 29.0 Å². The van der Waals surface area contributed by atoms with Crippen LogP contribution in [0.15, 0.2) is 12.1 Å². The van der Waals surface area contributed by atoms with Crippen LogP contribution in [0, 0.1) is 20.8 Å². The molecule has 0 aliphatic carbocycles. The highest BCUT2D eigenvalue weighted by Gasteiger charge is 2.15. The summed E-state index contributed by atoms with van der Waals surface area (Å²) in [7, 11) is 0. The minimum atomic E-state index is -0.0494. The topological polar surface area (TPSA) is 55.1 Å². The fraction of sp³-hybridized carbons (Fsp3) is 0.533. The van der Waals surface area contributed by atoms with Gasteiger partial charge in [0.25, 0.3) is 0 Å². The molecule has 0 heterocycles. The van der Waals surface area contributed by atoms with Gasteiger partial charge in [0.15, 0.2) is 0 Å². The molecule has 4 heteroatoms. The first-order valence-corrected chi connectivity index (χ1v) is 7.71. The smallest absolute Gasteiger partial charge is 0.237 e. The Hall–Kier alpha value is -1.00. The zero-order chi connectivity index (χ0) is 14.4. The standard InChI is InChI=1S/C15H24N2OS/c1-10-8-11(2)14(12(3)9-10)17-15(18)13(4)19-7-5-6-16/h8-9,13H,5-7,16H2,1-4H3,(H,17,18). The zero-order valence-electron chi connectivity index (χ0n) is 12.2. The maximum atomic E-state index is 12.1. The second-order valence-corrected chi connectivity index (χ2v) is 6.37. The predicted octanol–water partition coefficient (Wildman–Crippen LogP) is 3.02. The summed E-state index contributed by atoms with van der Waals surface area (Å²) in [5.41, 5.74) is 9.85. The van der Waals surface area contributed by atoms with Crippen molar-refractivity contribution < 1.29 is 4.79 Å². The van der Waals surface area contributed by atoms with Crippen molar-refractivity contribution in [3.63, 3.8) is 0 Å². The lowest BCUT2D eigenvalue weighted by Gasteiger charge is -2.16. The van der Waals surface area contributed by atoms with E-state index in [1.165, 1.54) is 5.56 Å². The molecule has 0 aromatic heterocycles. The SMILES string of the molecule is Cc1cc(C)c(NC(=O)C(C)SCCCN)c(C)c1. The van der Waals surface area contributed by atoms with E-state index in [2.05, 4.69) is 24.4 Å². The van der Waals surface area contributed by atoms with Crippen molar-refractivity contribution in [2.75, 3.05) is 17.6 Å². The molecule has 1 atom stereocenters. The number of hydrogen-bond acceptors (Lipinski definition) is 3. The Morgan fingerprint density at radius 3 is 2.42 bits per heavy atom. The molecule has 3 N–H and O–H groups in total. The van der Waals surface area contributed by atoms with Crippen molar-refractivity contribution in [2.45, 2.75) is 39.4 Å². The summed E-state index contributed by atoms with van der Waals surface area (Å²) in [6.07, 6.45) is 0.949. The third-order valence-electron chi connectivity index (χ3n) is 3.01. The Bertz CT molecular complexity index is 423. The van der Waals surface area contributed by atoms with E-state index >= 15 is 0 Å². The van der Waals surface area contributed by atoms with Crippen LogP contribution in [0.3, 0.4) is 0 Å². The van der Waals surface area contributed by atoms with Gasteiger partial charge in [-0.3, -0.25) is 4.79 Å². The third kappa shape index (κ3) is 4.88. The maximum absolute atomic E-state index is 12.1. The molecule has 0 spiro atoms. The van der Waals surface area contributed by atoms with Crippen molar-refractivity contribution in [1.29, 1.82) is 0 Å². The Labute approximate surface area is 120 Å². The minimum Gasteiger partial charge on any atom is -0.330 e. The summed E-state index contributed by atoms with van der Waals surface area (Å²) >= 11 is 1.65. The van der Waals surface area contributed by atoms with Gasteiger partial charge in [-0.2, -0.15) is 0 Å². The number of anilines is 1. The molecule has 0 fully saturated rings. The van der Waals surface area contributed by atoms with Crippen LogP contribution in [0.4, 0.5) is 5.69 Å². The number of benzene rings is 1. The van der Waals surface area contributed by atoms with Crippen LogP contribution in [-0.2, 0) is 4.79 Å². The zero-order valence-corrected chi connectivity index (χ0v) is 13.1. The molecule has 1 aromatic rings. The Morgan fingerprint density at radius 2 is 1.89 bits per heavy atom. The highest BCUT2D eigenvalue weighted by atomic mass is 32.2. The van der Waals surface area contributed by atoms with Crippen LogP contribution in [0.2, 0.25) is 0 Å². The van der Waals surface area contributed by atoms with Gasteiger partial charge in [-0.05, 0) is 57.5 Å². The quantitative estimate of drug-likeness (QED) is 0.788. The van der Waals surface area contributed by atoms with Crippen molar-refractivity contribution in [3.05, 3.63) is 28.8 Å². The van der Waals surface area contributed by atoms with E-state index in [1.54, 1.807) is 11.8 Å². The molecule has 0 aliphatic heterocycles. The van der Waals surface area contributed by atoms with E-state index < -0.39 is 0 Å². The average molecular weight is 280 g/mol. The van der Waals surface area contributed by atoms with Gasteiger partial charge in [0.2, 0.25) is 5.91 Å². The highest BCUT2D eigenvalue weighted by molar-refractivity contribution is 8.00. The van der Waals surface area contributed by atoms with E-state index in [0.29, 0.717) is 6.54 Å². The summed E-state index contributed by atoms with van der Waals surface area (Å²) < 4.78 is 0. The lowest BCUT2D eigenvalue weighted by Crippen LogP contribution is -2.24. The summed E-state index contributed by atoms with van der Waals surface area (Å²) in [5.74, 6) is 0.994. The lowest BCUT2D eigenvalue weighted by molar-refractivity contribution is -0.115. The van der Waals surface area contributed by atoms with Gasteiger partial charge < -0.3 is 11.1 Å². The van der Waals surface area contributed by atoms with Crippen molar-refractivity contribution in [2.24, 2.45) is 5.73 Å². The summed E-state index contributed by atoms with van der Waals surface area (Å²) in [6.45, 7) is 8.74. The monoisotopic (exact) mass is 280 g/mol. The molecule has 1 amide bonds. The molecule has 0 bridgehead atoms. The van der Waals surface area contributed by atoms with Crippen LogP contribution >= 0.6 is 11.8 Å². The molecular weight excluding hydrogens is 256 g/mol. The summed E-state index contributed by atoms with van der Waals surface area (Å²) in [4.78, 5) is 12.1. The number of thioether (sulfide) groups is 1. The van der Waals surface area contributed by atoms with Gasteiger partial charge in [-0.15, -0.1) is 11.8 Å². The first kappa shape index (κ1) is 16.1. The number of nitrogens with one attached hydrogen (secondary N) is 1. The number of nitrogens with two attached hydrogens (primary N) is 1. The van der Waals surface area contributed by atoms with Gasteiger partial charge >= 0.3 is 0 Å². The molecule has 0 saturated carbocycles. The maximum Gasteiger partial charge on any atom is 0.237 e.